The zero-order valence-electron chi connectivity index (χ0n) is 9.19. The molecule has 1 aromatic rings. The fourth-order valence-corrected chi connectivity index (χ4v) is 2.39. The molecule has 1 aliphatic carbocycles. The summed E-state index contributed by atoms with van der Waals surface area (Å²) in [6.45, 7) is 0. The van der Waals surface area contributed by atoms with E-state index in [2.05, 4.69) is 20.9 Å². The zero-order chi connectivity index (χ0) is 11.4. The van der Waals surface area contributed by atoms with Crippen molar-refractivity contribution in [2.45, 2.75) is 38.1 Å². The summed E-state index contributed by atoms with van der Waals surface area (Å²) in [5.74, 6) is 0.286. The average molecular weight is 282 g/mol. The van der Waals surface area contributed by atoms with E-state index in [0.29, 0.717) is 6.04 Å². The lowest BCUT2D eigenvalue weighted by atomic mass is 9.96. The number of halogens is 1. The molecule has 16 heavy (non-hydrogen) atoms. The molecule has 0 heterocycles. The summed E-state index contributed by atoms with van der Waals surface area (Å²) in [4.78, 5) is 4.54. The Bertz CT molecular complexity index is 384. The molecule has 1 fully saturated rings. The van der Waals surface area contributed by atoms with Crippen molar-refractivity contribution in [1.82, 2.24) is 0 Å². The van der Waals surface area contributed by atoms with Crippen molar-refractivity contribution in [1.29, 1.82) is 0 Å². The molecular formula is C13H16BrNO. The van der Waals surface area contributed by atoms with Crippen LogP contribution in [0.25, 0.3) is 0 Å². The predicted molar refractivity (Wildman–Crippen MR) is 70.3 cm³/mol. The minimum absolute atomic E-state index is 0.286. The highest BCUT2D eigenvalue weighted by Crippen LogP contribution is 2.23. The number of hydrogen-bond acceptors (Lipinski definition) is 2. The van der Waals surface area contributed by atoms with Gasteiger partial charge in [0.2, 0.25) is 0 Å². The van der Waals surface area contributed by atoms with E-state index < -0.39 is 0 Å². The van der Waals surface area contributed by atoms with Gasteiger partial charge in [-0.15, -0.1) is 0 Å². The Morgan fingerprint density at radius 2 is 2.00 bits per heavy atom. The van der Waals surface area contributed by atoms with E-state index in [0.717, 1.165) is 10.0 Å². The van der Waals surface area contributed by atoms with Crippen LogP contribution in [0.3, 0.4) is 0 Å². The van der Waals surface area contributed by atoms with E-state index in [9.17, 15) is 5.11 Å². The third-order valence-electron chi connectivity index (χ3n) is 2.99. The molecule has 1 saturated carbocycles. The summed E-state index contributed by atoms with van der Waals surface area (Å²) in [6.07, 6.45) is 8.09. The van der Waals surface area contributed by atoms with Gasteiger partial charge in [0.15, 0.2) is 0 Å². The standard InChI is InChI=1S/C13H16BrNO/c14-11-7-6-10(13(16)8-11)9-15-12-4-2-1-3-5-12/h6-9,12,16H,1-5H2. The number of phenols is 1. The number of aromatic hydroxyl groups is 1. The summed E-state index contributed by atoms with van der Waals surface area (Å²) in [7, 11) is 0. The van der Waals surface area contributed by atoms with Crippen molar-refractivity contribution in [3.63, 3.8) is 0 Å². The van der Waals surface area contributed by atoms with Crippen molar-refractivity contribution in [3.05, 3.63) is 28.2 Å². The molecule has 1 aromatic carbocycles. The molecule has 3 heteroatoms. The lowest BCUT2D eigenvalue weighted by Gasteiger charge is -2.17. The van der Waals surface area contributed by atoms with Crippen LogP contribution in [0.4, 0.5) is 0 Å². The maximum atomic E-state index is 9.70. The van der Waals surface area contributed by atoms with Gasteiger partial charge >= 0.3 is 0 Å². The Labute approximate surface area is 105 Å². The number of phenolic OH excluding ortho intramolecular Hbond substituents is 1. The molecule has 86 valence electrons. The maximum absolute atomic E-state index is 9.70. The SMILES string of the molecule is Oc1cc(Br)ccc1C=NC1CCCCC1. The van der Waals surface area contributed by atoms with Crippen LogP contribution >= 0.6 is 15.9 Å². The molecule has 1 N–H and O–H groups in total. The van der Waals surface area contributed by atoms with Gasteiger partial charge in [0.05, 0.1) is 0 Å². The second kappa shape index (κ2) is 5.48. The van der Waals surface area contributed by atoms with Gasteiger partial charge in [-0.3, -0.25) is 4.99 Å². The van der Waals surface area contributed by atoms with Gasteiger partial charge in [-0.05, 0) is 31.0 Å². The highest BCUT2D eigenvalue weighted by molar-refractivity contribution is 9.10. The van der Waals surface area contributed by atoms with Gasteiger partial charge in [0, 0.05) is 22.3 Å². The summed E-state index contributed by atoms with van der Waals surface area (Å²) in [6, 6.07) is 5.95. The van der Waals surface area contributed by atoms with Crippen molar-refractivity contribution >= 4 is 22.1 Å². The lowest BCUT2D eigenvalue weighted by molar-refractivity contribution is 0.444. The molecule has 0 unspecified atom stereocenters. The smallest absolute Gasteiger partial charge is 0.125 e. The predicted octanol–water partition coefficient (Wildman–Crippen LogP) is 3.91. The number of rotatable bonds is 2. The normalized spacial score (nSPS) is 18.1. The van der Waals surface area contributed by atoms with Crippen LogP contribution < -0.4 is 0 Å². The van der Waals surface area contributed by atoms with E-state index >= 15 is 0 Å². The Hall–Kier alpha value is -0.830. The number of nitrogens with zero attached hydrogens (tertiary/aromatic N) is 1. The molecule has 0 atom stereocenters. The van der Waals surface area contributed by atoms with Crippen LogP contribution in [0.1, 0.15) is 37.7 Å². The minimum Gasteiger partial charge on any atom is -0.507 e. The topological polar surface area (TPSA) is 32.6 Å². The monoisotopic (exact) mass is 281 g/mol. The minimum atomic E-state index is 0.286. The fraction of sp³-hybridized carbons (Fsp3) is 0.462. The number of benzene rings is 1. The van der Waals surface area contributed by atoms with Crippen LogP contribution in [0, 0.1) is 0 Å². The first kappa shape index (κ1) is 11.6. The third-order valence-corrected chi connectivity index (χ3v) is 3.48. The molecule has 0 aromatic heterocycles. The largest absolute Gasteiger partial charge is 0.507 e. The first-order chi connectivity index (χ1) is 7.75. The first-order valence-corrected chi connectivity index (χ1v) is 6.57. The van der Waals surface area contributed by atoms with Crippen molar-refractivity contribution in [3.8, 4) is 5.75 Å². The van der Waals surface area contributed by atoms with Gasteiger partial charge < -0.3 is 5.11 Å². The number of aliphatic imine (C=N–C) groups is 1. The molecular weight excluding hydrogens is 266 g/mol. The molecule has 2 rings (SSSR count). The molecule has 0 spiro atoms. The van der Waals surface area contributed by atoms with E-state index in [1.807, 2.05) is 12.1 Å². The lowest BCUT2D eigenvalue weighted by Crippen LogP contribution is -2.09. The van der Waals surface area contributed by atoms with Crippen molar-refractivity contribution in [2.24, 2.45) is 4.99 Å². The van der Waals surface area contributed by atoms with Crippen molar-refractivity contribution in [2.75, 3.05) is 0 Å². The summed E-state index contributed by atoms with van der Waals surface area (Å²) in [5, 5.41) is 9.70. The van der Waals surface area contributed by atoms with Gasteiger partial charge in [0.25, 0.3) is 0 Å². The summed E-state index contributed by atoms with van der Waals surface area (Å²) >= 11 is 3.32. The first-order valence-electron chi connectivity index (χ1n) is 5.77. The zero-order valence-corrected chi connectivity index (χ0v) is 10.8. The maximum Gasteiger partial charge on any atom is 0.125 e. The second-order valence-electron chi connectivity index (χ2n) is 4.27. The van der Waals surface area contributed by atoms with Gasteiger partial charge in [-0.25, -0.2) is 0 Å². The van der Waals surface area contributed by atoms with Crippen LogP contribution in [0.5, 0.6) is 5.75 Å². The van der Waals surface area contributed by atoms with E-state index in [4.69, 9.17) is 0 Å². The Balaban J connectivity index is 2.04. The molecule has 0 bridgehead atoms. The van der Waals surface area contributed by atoms with Gasteiger partial charge in [0.1, 0.15) is 5.75 Å². The molecule has 2 nitrogen and oxygen atoms in total. The average Bonchev–Trinajstić information content (AvgIpc) is 2.29. The number of hydrogen-bond donors (Lipinski definition) is 1. The molecule has 0 saturated heterocycles. The van der Waals surface area contributed by atoms with Crippen LogP contribution in [-0.2, 0) is 0 Å². The van der Waals surface area contributed by atoms with Crippen molar-refractivity contribution < 1.29 is 5.11 Å². The van der Waals surface area contributed by atoms with Gasteiger partial charge in [-0.1, -0.05) is 35.2 Å². The molecule has 1 aliphatic rings. The Morgan fingerprint density at radius 3 is 2.69 bits per heavy atom. The fourth-order valence-electron chi connectivity index (χ4n) is 2.04. The highest BCUT2D eigenvalue weighted by Gasteiger charge is 2.11. The van der Waals surface area contributed by atoms with Crippen LogP contribution in [0.15, 0.2) is 27.7 Å². The summed E-state index contributed by atoms with van der Waals surface area (Å²) in [5.41, 5.74) is 0.800. The second-order valence-corrected chi connectivity index (χ2v) is 5.19. The Kier molecular flexibility index (Phi) is 3.99. The van der Waals surface area contributed by atoms with Gasteiger partial charge in [-0.2, -0.15) is 0 Å². The van der Waals surface area contributed by atoms with Crippen LogP contribution in [0.2, 0.25) is 0 Å². The summed E-state index contributed by atoms with van der Waals surface area (Å²) < 4.78 is 0.889. The van der Waals surface area contributed by atoms with E-state index in [1.54, 1.807) is 12.3 Å². The molecule has 0 aliphatic heterocycles. The molecule has 0 radical (unpaired) electrons. The molecule has 0 amide bonds. The highest BCUT2D eigenvalue weighted by atomic mass is 79.9. The van der Waals surface area contributed by atoms with E-state index in [1.165, 1.54) is 32.1 Å². The Morgan fingerprint density at radius 1 is 1.25 bits per heavy atom. The van der Waals surface area contributed by atoms with Crippen LogP contribution in [-0.4, -0.2) is 17.4 Å². The third kappa shape index (κ3) is 3.08. The quantitative estimate of drug-likeness (QED) is 0.820. The van der Waals surface area contributed by atoms with E-state index in [-0.39, 0.29) is 5.75 Å².